The summed E-state index contributed by atoms with van der Waals surface area (Å²) in [6.07, 6.45) is 4.83. The fourth-order valence-electron chi connectivity index (χ4n) is 2.44. The maximum absolute atomic E-state index is 5.46. The SMILES string of the molecule is COc1ccc(-c2nc3c(s2)CCCC3)c(OC)c1. The molecule has 0 N–H and O–H groups in total. The molecule has 0 saturated carbocycles. The minimum absolute atomic E-state index is 0.807. The first-order chi connectivity index (χ1) is 9.31. The van der Waals surface area contributed by atoms with Crippen LogP contribution in [0, 0.1) is 0 Å². The second-order valence-electron chi connectivity index (χ2n) is 4.66. The zero-order valence-corrected chi connectivity index (χ0v) is 12.0. The Kier molecular flexibility index (Phi) is 3.42. The van der Waals surface area contributed by atoms with Crippen LogP contribution < -0.4 is 9.47 Å². The van der Waals surface area contributed by atoms with Crippen molar-refractivity contribution in [2.75, 3.05) is 14.2 Å². The molecule has 1 aromatic carbocycles. The van der Waals surface area contributed by atoms with Crippen LogP contribution in [-0.2, 0) is 12.8 Å². The largest absolute Gasteiger partial charge is 0.497 e. The van der Waals surface area contributed by atoms with E-state index in [1.807, 2.05) is 18.2 Å². The van der Waals surface area contributed by atoms with E-state index in [9.17, 15) is 0 Å². The van der Waals surface area contributed by atoms with Crippen LogP contribution >= 0.6 is 11.3 Å². The molecular weight excluding hydrogens is 258 g/mol. The van der Waals surface area contributed by atoms with E-state index in [-0.39, 0.29) is 0 Å². The highest BCUT2D eigenvalue weighted by Gasteiger charge is 2.18. The summed E-state index contributed by atoms with van der Waals surface area (Å²) in [4.78, 5) is 6.23. The molecule has 0 amide bonds. The number of hydrogen-bond acceptors (Lipinski definition) is 4. The molecule has 4 heteroatoms. The van der Waals surface area contributed by atoms with Gasteiger partial charge in [0.15, 0.2) is 0 Å². The van der Waals surface area contributed by atoms with Gasteiger partial charge in [0.1, 0.15) is 16.5 Å². The molecule has 2 aromatic rings. The maximum Gasteiger partial charge on any atom is 0.132 e. The lowest BCUT2D eigenvalue weighted by Crippen LogP contribution is -1.98. The topological polar surface area (TPSA) is 31.4 Å². The summed E-state index contributed by atoms with van der Waals surface area (Å²) in [6.45, 7) is 0. The van der Waals surface area contributed by atoms with Gasteiger partial charge in [-0.1, -0.05) is 0 Å². The Labute approximate surface area is 117 Å². The van der Waals surface area contributed by atoms with Crippen LogP contribution in [0.2, 0.25) is 0 Å². The molecule has 100 valence electrons. The molecule has 0 saturated heterocycles. The monoisotopic (exact) mass is 275 g/mol. The molecule has 1 aromatic heterocycles. The summed E-state index contributed by atoms with van der Waals surface area (Å²) < 4.78 is 10.7. The van der Waals surface area contributed by atoms with Crippen LogP contribution in [0.5, 0.6) is 11.5 Å². The third-order valence-corrected chi connectivity index (χ3v) is 4.68. The van der Waals surface area contributed by atoms with Gasteiger partial charge in [-0.05, 0) is 37.8 Å². The average Bonchev–Trinajstić information content (AvgIpc) is 2.90. The van der Waals surface area contributed by atoms with Gasteiger partial charge in [-0.3, -0.25) is 0 Å². The summed E-state index contributed by atoms with van der Waals surface area (Å²) >= 11 is 1.80. The standard InChI is InChI=1S/C15H17NO2S/c1-17-10-7-8-11(13(9-10)18-2)15-16-12-5-3-4-6-14(12)19-15/h7-9H,3-6H2,1-2H3. The normalized spacial score (nSPS) is 14.0. The first-order valence-electron chi connectivity index (χ1n) is 6.53. The van der Waals surface area contributed by atoms with Crippen molar-refractivity contribution in [3.05, 3.63) is 28.8 Å². The molecule has 19 heavy (non-hydrogen) atoms. The lowest BCUT2D eigenvalue weighted by atomic mass is 10.0. The van der Waals surface area contributed by atoms with E-state index in [1.165, 1.54) is 29.8 Å². The zero-order chi connectivity index (χ0) is 13.2. The van der Waals surface area contributed by atoms with Crippen LogP contribution in [0.4, 0.5) is 0 Å². The fraction of sp³-hybridized carbons (Fsp3) is 0.400. The van der Waals surface area contributed by atoms with E-state index in [0.29, 0.717) is 0 Å². The molecule has 3 rings (SSSR count). The molecule has 0 atom stereocenters. The Balaban J connectivity index is 2.03. The van der Waals surface area contributed by atoms with Crippen LogP contribution in [0.15, 0.2) is 18.2 Å². The van der Waals surface area contributed by atoms with E-state index < -0.39 is 0 Å². The molecule has 0 radical (unpaired) electrons. The van der Waals surface area contributed by atoms with Crippen molar-refractivity contribution in [2.24, 2.45) is 0 Å². The van der Waals surface area contributed by atoms with Crippen molar-refractivity contribution in [3.63, 3.8) is 0 Å². The molecule has 0 fully saturated rings. The summed E-state index contributed by atoms with van der Waals surface area (Å²) in [6, 6.07) is 5.90. The number of rotatable bonds is 3. The number of ether oxygens (including phenoxy) is 2. The van der Waals surface area contributed by atoms with Crippen molar-refractivity contribution < 1.29 is 9.47 Å². The third-order valence-electron chi connectivity index (χ3n) is 3.48. The maximum atomic E-state index is 5.46. The summed E-state index contributed by atoms with van der Waals surface area (Å²) in [5.74, 6) is 1.63. The van der Waals surface area contributed by atoms with E-state index in [1.54, 1.807) is 25.6 Å². The first-order valence-corrected chi connectivity index (χ1v) is 7.34. The molecule has 1 aliphatic rings. The van der Waals surface area contributed by atoms with Gasteiger partial charge in [-0.15, -0.1) is 11.3 Å². The summed E-state index contributed by atoms with van der Waals surface area (Å²) in [5.41, 5.74) is 2.34. The lowest BCUT2D eigenvalue weighted by Gasteiger charge is -2.08. The van der Waals surface area contributed by atoms with Crippen LogP contribution in [0.3, 0.4) is 0 Å². The highest BCUT2D eigenvalue weighted by Crippen LogP contribution is 2.38. The minimum atomic E-state index is 0.807. The van der Waals surface area contributed by atoms with Gasteiger partial charge in [0.05, 0.1) is 25.5 Å². The Bertz CT molecular complexity index is 568. The van der Waals surface area contributed by atoms with Crippen molar-refractivity contribution in [2.45, 2.75) is 25.7 Å². The molecule has 3 nitrogen and oxygen atoms in total. The van der Waals surface area contributed by atoms with E-state index in [2.05, 4.69) is 0 Å². The second kappa shape index (κ2) is 5.21. The Morgan fingerprint density at radius 3 is 2.68 bits per heavy atom. The second-order valence-corrected chi connectivity index (χ2v) is 5.75. The first kappa shape index (κ1) is 12.5. The number of methoxy groups -OCH3 is 2. The Morgan fingerprint density at radius 2 is 1.95 bits per heavy atom. The third kappa shape index (κ3) is 2.32. The van der Waals surface area contributed by atoms with Crippen LogP contribution in [0.25, 0.3) is 10.6 Å². The molecule has 0 unspecified atom stereocenters. The lowest BCUT2D eigenvalue weighted by molar-refractivity contribution is 0.395. The number of nitrogens with zero attached hydrogens (tertiary/aromatic N) is 1. The van der Waals surface area contributed by atoms with Crippen molar-refractivity contribution in [1.82, 2.24) is 4.98 Å². The van der Waals surface area contributed by atoms with Crippen LogP contribution in [0.1, 0.15) is 23.4 Å². The number of aromatic nitrogens is 1. The zero-order valence-electron chi connectivity index (χ0n) is 11.2. The van der Waals surface area contributed by atoms with Gasteiger partial charge in [-0.25, -0.2) is 4.98 Å². The fourth-order valence-corrected chi connectivity index (χ4v) is 3.62. The summed E-state index contributed by atoms with van der Waals surface area (Å²) in [5, 5.41) is 1.06. The van der Waals surface area contributed by atoms with Gasteiger partial charge in [-0.2, -0.15) is 0 Å². The number of thiazole rings is 1. The number of hydrogen-bond donors (Lipinski definition) is 0. The van der Waals surface area contributed by atoms with Crippen molar-refractivity contribution in [1.29, 1.82) is 0 Å². The van der Waals surface area contributed by atoms with E-state index >= 15 is 0 Å². The Morgan fingerprint density at radius 1 is 1.11 bits per heavy atom. The molecular formula is C15H17NO2S. The molecule has 0 spiro atoms. The minimum Gasteiger partial charge on any atom is -0.497 e. The number of fused-ring (bicyclic) bond motifs is 1. The molecule has 1 heterocycles. The van der Waals surface area contributed by atoms with Crippen LogP contribution in [-0.4, -0.2) is 19.2 Å². The molecule has 0 bridgehead atoms. The van der Waals surface area contributed by atoms with Gasteiger partial charge in [0.25, 0.3) is 0 Å². The summed E-state index contributed by atoms with van der Waals surface area (Å²) in [7, 11) is 3.35. The smallest absolute Gasteiger partial charge is 0.132 e. The predicted molar refractivity (Wildman–Crippen MR) is 77.3 cm³/mol. The van der Waals surface area contributed by atoms with E-state index in [4.69, 9.17) is 14.5 Å². The highest BCUT2D eigenvalue weighted by molar-refractivity contribution is 7.15. The van der Waals surface area contributed by atoms with Gasteiger partial charge < -0.3 is 9.47 Å². The highest BCUT2D eigenvalue weighted by atomic mass is 32.1. The predicted octanol–water partition coefficient (Wildman–Crippen LogP) is 3.71. The van der Waals surface area contributed by atoms with Crippen molar-refractivity contribution in [3.8, 4) is 22.1 Å². The molecule has 0 aliphatic heterocycles. The van der Waals surface area contributed by atoms with Gasteiger partial charge in [0.2, 0.25) is 0 Å². The van der Waals surface area contributed by atoms with Gasteiger partial charge >= 0.3 is 0 Å². The number of benzene rings is 1. The Hall–Kier alpha value is -1.55. The molecule has 1 aliphatic carbocycles. The quantitative estimate of drug-likeness (QED) is 0.855. The van der Waals surface area contributed by atoms with Gasteiger partial charge in [0, 0.05) is 10.9 Å². The van der Waals surface area contributed by atoms with E-state index in [0.717, 1.165) is 28.5 Å². The number of aryl methyl sites for hydroxylation is 2. The average molecular weight is 275 g/mol. The van der Waals surface area contributed by atoms with Crippen molar-refractivity contribution >= 4 is 11.3 Å².